The van der Waals surface area contributed by atoms with E-state index in [1.807, 2.05) is 6.92 Å². The predicted molar refractivity (Wildman–Crippen MR) is 208 cm³/mol. The minimum Gasteiger partial charge on any atom is -0.480 e. The molecular weight excluding hydrogens is 748 g/mol. The fourth-order valence-electron chi connectivity index (χ4n) is 4.61. The third-order valence-corrected chi connectivity index (χ3v) is 7.53. The molecule has 0 bridgehead atoms. The van der Waals surface area contributed by atoms with Crippen LogP contribution in [-0.4, -0.2) is 70.9 Å². The lowest BCUT2D eigenvalue weighted by molar-refractivity contribution is -0.141. The zero-order chi connectivity index (χ0) is 41.6. The van der Waals surface area contributed by atoms with Gasteiger partial charge in [-0.25, -0.2) is 24.0 Å². The van der Waals surface area contributed by atoms with E-state index in [1.165, 1.54) is 42.5 Å². The molecule has 3 rings (SSSR count). The number of rotatable bonds is 13. The lowest BCUT2D eigenvalue weighted by atomic mass is 10.0. The number of anilines is 1. The zero-order valence-corrected chi connectivity index (χ0v) is 33.1. The number of nitrogens with one attached hydrogen (secondary N) is 3. The van der Waals surface area contributed by atoms with Crippen LogP contribution in [0.4, 0.5) is 15.3 Å². The van der Waals surface area contributed by atoms with Crippen molar-refractivity contribution in [2.75, 3.05) is 11.9 Å². The van der Waals surface area contributed by atoms with Gasteiger partial charge in [0.25, 0.3) is 0 Å². The normalized spacial score (nSPS) is 12.1. The Morgan fingerprint density at radius 3 is 2.00 bits per heavy atom. The Labute approximate surface area is 330 Å². The zero-order valence-electron chi connectivity index (χ0n) is 32.3. The number of carbonyl (C=O) groups is 6. The second-order valence-electron chi connectivity index (χ2n) is 14.4. The van der Waals surface area contributed by atoms with E-state index in [0.29, 0.717) is 29.0 Å². The summed E-state index contributed by atoms with van der Waals surface area (Å²) in [6, 6.07) is 15.1. The lowest BCUT2D eigenvalue weighted by Gasteiger charge is -2.21. The number of alkyl carbamates (subject to hydrolysis) is 1. The van der Waals surface area contributed by atoms with Gasteiger partial charge in [-0.3, -0.25) is 10.1 Å². The molecule has 3 amide bonds. The number of aliphatic carboxylic acids is 1. The number of aliphatic imine (C=N–C) groups is 1. The first kappa shape index (κ1) is 44.4. The van der Waals surface area contributed by atoms with Crippen LogP contribution in [0.1, 0.15) is 93.2 Å². The number of ether oxygens (including phenoxy) is 4. The Morgan fingerprint density at radius 1 is 0.821 bits per heavy atom. The molecule has 0 heterocycles. The Balaban J connectivity index is 1.60. The summed E-state index contributed by atoms with van der Waals surface area (Å²) in [5.41, 5.74) is 0.105. The molecule has 0 spiro atoms. The highest BCUT2D eigenvalue weighted by Gasteiger charge is 2.23. The Kier molecular flexibility index (Phi) is 15.9. The highest BCUT2D eigenvalue weighted by atomic mass is 35.5. The number of nitrogens with zero attached hydrogens (tertiary/aromatic N) is 1. The Hall–Kier alpha value is -5.96. The summed E-state index contributed by atoms with van der Waals surface area (Å²) < 4.78 is 21.1. The summed E-state index contributed by atoms with van der Waals surface area (Å²) in [5, 5.41) is 17.5. The van der Waals surface area contributed by atoms with Crippen molar-refractivity contribution in [2.24, 2.45) is 4.99 Å². The Morgan fingerprint density at radius 2 is 1.43 bits per heavy atom. The van der Waals surface area contributed by atoms with Crippen molar-refractivity contribution < 1.29 is 52.8 Å². The van der Waals surface area contributed by atoms with Crippen molar-refractivity contribution in [3.8, 4) is 5.75 Å². The van der Waals surface area contributed by atoms with Gasteiger partial charge in [-0.1, -0.05) is 43.1 Å². The Bertz CT molecular complexity index is 1920. The third kappa shape index (κ3) is 15.8. The molecule has 0 aliphatic heterocycles. The molecule has 0 saturated heterocycles. The topological polar surface area (TPSA) is 208 Å². The van der Waals surface area contributed by atoms with Gasteiger partial charge in [0.15, 0.2) is 0 Å². The van der Waals surface area contributed by atoms with Crippen LogP contribution in [-0.2, 0) is 36.6 Å². The van der Waals surface area contributed by atoms with Gasteiger partial charge in [0.1, 0.15) is 23.0 Å². The number of carboxylic acid groups (broad SMARTS) is 1. The van der Waals surface area contributed by atoms with E-state index in [-0.39, 0.29) is 35.1 Å². The summed E-state index contributed by atoms with van der Waals surface area (Å²) >= 11 is 6.41. The molecule has 0 radical (unpaired) electrons. The number of amides is 3. The van der Waals surface area contributed by atoms with E-state index < -0.39 is 53.2 Å². The average molecular weight is 795 g/mol. The van der Waals surface area contributed by atoms with Crippen molar-refractivity contribution in [1.82, 2.24) is 10.6 Å². The summed E-state index contributed by atoms with van der Waals surface area (Å²) in [4.78, 5) is 78.4. The smallest absolute Gasteiger partial charge is 0.437 e. The number of halogens is 1. The van der Waals surface area contributed by atoms with Gasteiger partial charge in [-0.15, -0.1) is 4.99 Å². The highest BCUT2D eigenvalue weighted by molar-refractivity contribution is 6.31. The van der Waals surface area contributed by atoms with Crippen molar-refractivity contribution >= 4 is 59.2 Å². The second kappa shape index (κ2) is 20.1. The van der Waals surface area contributed by atoms with E-state index in [9.17, 15) is 33.9 Å². The monoisotopic (exact) mass is 794 g/mol. The molecule has 0 aromatic heterocycles. The molecule has 300 valence electrons. The predicted octanol–water partition coefficient (Wildman–Crippen LogP) is 7.10. The van der Waals surface area contributed by atoms with Crippen molar-refractivity contribution in [3.05, 3.63) is 94.0 Å². The van der Waals surface area contributed by atoms with E-state index in [0.717, 1.165) is 12.8 Å². The number of hydrogen-bond donors (Lipinski definition) is 4. The first-order chi connectivity index (χ1) is 26.2. The number of hydrogen-bond acceptors (Lipinski definition) is 10. The van der Waals surface area contributed by atoms with E-state index in [2.05, 4.69) is 20.9 Å². The molecule has 0 aliphatic rings. The van der Waals surface area contributed by atoms with Crippen molar-refractivity contribution in [3.63, 3.8) is 0 Å². The first-order valence-corrected chi connectivity index (χ1v) is 18.1. The summed E-state index contributed by atoms with van der Waals surface area (Å²) in [6.07, 6.45) is -0.484. The molecule has 3 aromatic rings. The standard InChI is InChI=1S/C40H47ClN4O11/c1-8-9-20-53-34(49)25-12-10-24(11-13-25)21-31(33(47)48)43-32(46)22-27-16-19-29(23-30(27)41)54-35(50)26-14-17-28(18-15-26)42-36(44-37(51)55-39(2,3)4)45-38(52)56-40(5,6)7/h10-19,23,31H,8-9,20-22H2,1-7H3,(H,43,46)(H,47,48)(H2,42,44,45,51,52)/t31-/m0/s1. The molecule has 4 N–H and O–H groups in total. The molecule has 1 atom stereocenters. The van der Waals surface area contributed by atoms with E-state index in [1.54, 1.807) is 65.8 Å². The molecule has 3 aromatic carbocycles. The lowest BCUT2D eigenvalue weighted by Crippen LogP contribution is -2.43. The fourth-order valence-corrected chi connectivity index (χ4v) is 4.85. The van der Waals surface area contributed by atoms with Crippen LogP contribution in [0.15, 0.2) is 71.7 Å². The molecule has 15 nitrogen and oxygen atoms in total. The van der Waals surface area contributed by atoms with Crippen molar-refractivity contribution in [2.45, 2.75) is 91.4 Å². The first-order valence-electron chi connectivity index (χ1n) is 17.7. The molecule has 0 fully saturated rings. The molecular formula is C40H47ClN4O11. The van der Waals surface area contributed by atoms with E-state index in [4.69, 9.17) is 30.5 Å². The largest absolute Gasteiger partial charge is 0.480 e. The molecule has 16 heteroatoms. The van der Waals surface area contributed by atoms with Crippen LogP contribution in [0.2, 0.25) is 5.02 Å². The fraction of sp³-hybridized carbons (Fsp3) is 0.375. The third-order valence-electron chi connectivity index (χ3n) is 7.18. The summed E-state index contributed by atoms with van der Waals surface area (Å²) in [7, 11) is 0. The van der Waals surface area contributed by atoms with Gasteiger partial charge >= 0.3 is 30.1 Å². The number of guanidine groups is 1. The maximum absolute atomic E-state index is 12.9. The molecule has 0 unspecified atom stereocenters. The SMILES string of the molecule is CCCCOC(=O)c1ccc(C[C@H](NC(=O)Cc2ccc(OC(=O)c3ccc(N/C(=N/C(=O)OC(C)(C)C)NC(=O)OC(C)(C)C)cc3)cc2Cl)C(=O)O)cc1. The minimum absolute atomic E-state index is 0.0320. The molecule has 0 saturated carbocycles. The van der Waals surface area contributed by atoms with Crippen LogP contribution >= 0.6 is 11.6 Å². The summed E-state index contributed by atoms with van der Waals surface area (Å²) in [5.74, 6) is -3.25. The number of unbranched alkanes of at least 4 members (excludes halogenated alkanes) is 1. The van der Waals surface area contributed by atoms with Crippen molar-refractivity contribution in [1.29, 1.82) is 0 Å². The van der Waals surface area contributed by atoms with Gasteiger partial charge in [-0.2, -0.15) is 0 Å². The quantitative estimate of drug-likeness (QED) is 0.0341. The van der Waals surface area contributed by atoms with Crippen LogP contribution in [0, 0.1) is 0 Å². The van der Waals surface area contributed by atoms with Gasteiger partial charge in [0, 0.05) is 17.1 Å². The summed E-state index contributed by atoms with van der Waals surface area (Å²) in [6.45, 7) is 12.3. The van der Waals surface area contributed by atoms with E-state index >= 15 is 0 Å². The highest BCUT2D eigenvalue weighted by Crippen LogP contribution is 2.24. The maximum atomic E-state index is 12.9. The van der Waals surface area contributed by atoms with Crippen LogP contribution < -0.4 is 20.7 Å². The van der Waals surface area contributed by atoms with Crippen LogP contribution in [0.3, 0.4) is 0 Å². The number of carboxylic acids is 1. The van der Waals surface area contributed by atoms with Gasteiger partial charge in [0.2, 0.25) is 11.9 Å². The maximum Gasteiger partial charge on any atom is 0.437 e. The number of carbonyl (C=O) groups excluding carboxylic acids is 5. The van der Waals surface area contributed by atoms with Gasteiger partial charge in [0.05, 0.1) is 24.2 Å². The van der Waals surface area contributed by atoms with Crippen LogP contribution in [0.5, 0.6) is 5.75 Å². The van der Waals surface area contributed by atoms with Gasteiger partial charge in [-0.05, 0) is 108 Å². The second-order valence-corrected chi connectivity index (χ2v) is 14.8. The molecule has 56 heavy (non-hydrogen) atoms. The van der Waals surface area contributed by atoms with Crippen LogP contribution in [0.25, 0.3) is 0 Å². The average Bonchev–Trinajstić information content (AvgIpc) is 3.08. The van der Waals surface area contributed by atoms with Gasteiger partial charge < -0.3 is 34.7 Å². The molecule has 0 aliphatic carbocycles. The number of benzene rings is 3. The number of esters is 2. The minimum atomic E-state index is -1.25.